The van der Waals surface area contributed by atoms with Gasteiger partial charge in [0.2, 0.25) is 0 Å². The standard InChI is InChI=1S/C15H20N2O3/c1-2-3-13(7-14(18)19)17-15(20)10-4-5-11-8-16-9-12(11)6-10/h4-6,13,16H,2-3,7-9H2,1H3,(H,17,20)(H,18,19). The second kappa shape index (κ2) is 6.52. The summed E-state index contributed by atoms with van der Waals surface area (Å²) in [6, 6.07) is 5.33. The van der Waals surface area contributed by atoms with Gasteiger partial charge < -0.3 is 15.7 Å². The van der Waals surface area contributed by atoms with E-state index in [2.05, 4.69) is 10.6 Å². The number of hydrogen-bond acceptors (Lipinski definition) is 3. The SMILES string of the molecule is CCCC(CC(=O)O)NC(=O)c1ccc2c(c1)CNC2. The number of carboxylic acids is 1. The van der Waals surface area contributed by atoms with Crippen molar-refractivity contribution in [2.45, 2.75) is 45.3 Å². The van der Waals surface area contributed by atoms with Crippen molar-refractivity contribution in [3.63, 3.8) is 0 Å². The van der Waals surface area contributed by atoms with Crippen LogP contribution in [0.1, 0.15) is 47.7 Å². The fraction of sp³-hybridized carbons (Fsp3) is 0.467. The molecule has 1 aliphatic rings. The molecule has 1 aromatic rings. The first-order chi connectivity index (χ1) is 9.60. The molecular formula is C15H20N2O3. The zero-order valence-corrected chi connectivity index (χ0v) is 11.6. The molecule has 0 aromatic heterocycles. The van der Waals surface area contributed by atoms with Crippen molar-refractivity contribution in [3.8, 4) is 0 Å². The number of aliphatic carboxylic acids is 1. The maximum Gasteiger partial charge on any atom is 0.305 e. The molecule has 0 saturated carbocycles. The summed E-state index contributed by atoms with van der Waals surface area (Å²) in [7, 11) is 0. The van der Waals surface area contributed by atoms with Gasteiger partial charge in [0.1, 0.15) is 0 Å². The third-order valence-corrected chi connectivity index (χ3v) is 3.49. The topological polar surface area (TPSA) is 78.4 Å². The molecule has 5 nitrogen and oxygen atoms in total. The predicted molar refractivity (Wildman–Crippen MR) is 75.4 cm³/mol. The van der Waals surface area contributed by atoms with Crippen LogP contribution in [0.5, 0.6) is 0 Å². The lowest BCUT2D eigenvalue weighted by Crippen LogP contribution is -2.36. The average Bonchev–Trinajstić information content (AvgIpc) is 2.85. The lowest BCUT2D eigenvalue weighted by Gasteiger charge is -2.16. The van der Waals surface area contributed by atoms with Crippen molar-refractivity contribution in [3.05, 3.63) is 34.9 Å². The van der Waals surface area contributed by atoms with Crippen molar-refractivity contribution in [1.82, 2.24) is 10.6 Å². The van der Waals surface area contributed by atoms with Gasteiger partial charge in [-0.15, -0.1) is 0 Å². The Hall–Kier alpha value is -1.88. The van der Waals surface area contributed by atoms with Crippen LogP contribution in [0.15, 0.2) is 18.2 Å². The Balaban J connectivity index is 2.04. The summed E-state index contributed by atoms with van der Waals surface area (Å²) >= 11 is 0. The molecule has 0 spiro atoms. The van der Waals surface area contributed by atoms with Crippen molar-refractivity contribution < 1.29 is 14.7 Å². The molecule has 0 bridgehead atoms. The minimum Gasteiger partial charge on any atom is -0.481 e. The van der Waals surface area contributed by atoms with Gasteiger partial charge in [-0.25, -0.2) is 0 Å². The van der Waals surface area contributed by atoms with Gasteiger partial charge in [-0.05, 0) is 29.7 Å². The largest absolute Gasteiger partial charge is 0.481 e. The predicted octanol–water partition coefficient (Wildman–Crippen LogP) is 1.66. The number of rotatable bonds is 6. The number of fused-ring (bicyclic) bond motifs is 1. The molecule has 1 aromatic carbocycles. The van der Waals surface area contributed by atoms with Gasteiger partial charge in [0.15, 0.2) is 0 Å². The fourth-order valence-electron chi connectivity index (χ4n) is 2.49. The third-order valence-electron chi connectivity index (χ3n) is 3.49. The summed E-state index contributed by atoms with van der Waals surface area (Å²) in [5, 5.41) is 14.9. The smallest absolute Gasteiger partial charge is 0.305 e. The van der Waals surface area contributed by atoms with Crippen molar-refractivity contribution in [1.29, 1.82) is 0 Å². The van der Waals surface area contributed by atoms with Gasteiger partial charge in [0.05, 0.1) is 6.42 Å². The first-order valence-electron chi connectivity index (χ1n) is 6.95. The second-order valence-corrected chi connectivity index (χ2v) is 5.14. The van der Waals surface area contributed by atoms with Crippen molar-refractivity contribution in [2.24, 2.45) is 0 Å². The van der Waals surface area contributed by atoms with Crippen LogP contribution in [0.3, 0.4) is 0 Å². The number of amides is 1. The molecule has 1 heterocycles. The molecule has 20 heavy (non-hydrogen) atoms. The summed E-state index contributed by atoms with van der Waals surface area (Å²) in [5.41, 5.74) is 2.96. The van der Waals surface area contributed by atoms with Gasteiger partial charge in [-0.1, -0.05) is 19.4 Å². The Morgan fingerprint density at radius 3 is 2.80 bits per heavy atom. The molecule has 0 saturated heterocycles. The zero-order valence-electron chi connectivity index (χ0n) is 11.6. The highest BCUT2D eigenvalue weighted by atomic mass is 16.4. The molecular weight excluding hydrogens is 256 g/mol. The van der Waals surface area contributed by atoms with Crippen LogP contribution in [-0.2, 0) is 17.9 Å². The van der Waals surface area contributed by atoms with E-state index in [1.165, 1.54) is 5.56 Å². The third kappa shape index (κ3) is 3.57. The minimum atomic E-state index is -0.887. The lowest BCUT2D eigenvalue weighted by atomic mass is 10.0. The molecule has 0 aliphatic carbocycles. The Bertz CT molecular complexity index is 514. The van der Waals surface area contributed by atoms with Crippen LogP contribution in [0, 0.1) is 0 Å². The molecule has 1 amide bonds. The number of carbonyl (C=O) groups is 2. The monoisotopic (exact) mass is 276 g/mol. The highest BCUT2D eigenvalue weighted by molar-refractivity contribution is 5.95. The number of benzene rings is 1. The quantitative estimate of drug-likeness (QED) is 0.738. The molecule has 1 unspecified atom stereocenters. The highest BCUT2D eigenvalue weighted by Gasteiger charge is 2.18. The van der Waals surface area contributed by atoms with Crippen molar-refractivity contribution >= 4 is 11.9 Å². The molecule has 2 rings (SSSR count). The Morgan fingerprint density at radius 2 is 2.10 bits per heavy atom. The van der Waals surface area contributed by atoms with Crippen molar-refractivity contribution in [2.75, 3.05) is 0 Å². The second-order valence-electron chi connectivity index (χ2n) is 5.14. The van der Waals surface area contributed by atoms with E-state index in [1.54, 1.807) is 6.07 Å². The summed E-state index contributed by atoms with van der Waals surface area (Å²) in [5.74, 6) is -1.08. The van der Waals surface area contributed by atoms with Gasteiger partial charge in [0, 0.05) is 24.7 Å². The Labute approximate surface area is 118 Å². The first-order valence-corrected chi connectivity index (χ1v) is 6.95. The number of nitrogens with one attached hydrogen (secondary N) is 2. The van der Waals surface area contributed by atoms with Gasteiger partial charge >= 0.3 is 5.97 Å². The normalized spacial score (nSPS) is 14.7. The van der Waals surface area contributed by atoms with E-state index in [1.807, 2.05) is 19.1 Å². The van der Waals surface area contributed by atoms with E-state index in [9.17, 15) is 9.59 Å². The van der Waals surface area contributed by atoms with Gasteiger partial charge in [0.25, 0.3) is 5.91 Å². The Kier molecular flexibility index (Phi) is 4.74. The fourth-order valence-corrected chi connectivity index (χ4v) is 2.49. The summed E-state index contributed by atoms with van der Waals surface area (Å²) in [6.07, 6.45) is 1.48. The van der Waals surface area contributed by atoms with Crippen LogP contribution in [-0.4, -0.2) is 23.0 Å². The summed E-state index contributed by atoms with van der Waals surface area (Å²) in [6.45, 7) is 3.60. The molecule has 3 N–H and O–H groups in total. The van der Waals surface area contributed by atoms with Crippen LogP contribution in [0.25, 0.3) is 0 Å². The number of hydrogen-bond donors (Lipinski definition) is 3. The number of carboxylic acid groups (broad SMARTS) is 1. The van der Waals surface area contributed by atoms with E-state index in [0.717, 1.165) is 25.1 Å². The van der Waals surface area contributed by atoms with E-state index in [-0.39, 0.29) is 18.4 Å². The van der Waals surface area contributed by atoms with Crippen LogP contribution >= 0.6 is 0 Å². The molecule has 0 radical (unpaired) electrons. The first kappa shape index (κ1) is 14.5. The summed E-state index contributed by atoms with van der Waals surface area (Å²) in [4.78, 5) is 23.0. The van der Waals surface area contributed by atoms with E-state index < -0.39 is 5.97 Å². The number of carbonyl (C=O) groups excluding carboxylic acids is 1. The maximum absolute atomic E-state index is 12.2. The lowest BCUT2D eigenvalue weighted by molar-refractivity contribution is -0.137. The average molecular weight is 276 g/mol. The van der Waals surface area contributed by atoms with E-state index in [4.69, 9.17) is 5.11 Å². The minimum absolute atomic E-state index is 0.0356. The van der Waals surface area contributed by atoms with Crippen LogP contribution in [0.2, 0.25) is 0 Å². The molecule has 0 fully saturated rings. The van der Waals surface area contributed by atoms with Gasteiger partial charge in [-0.2, -0.15) is 0 Å². The Morgan fingerprint density at radius 1 is 1.35 bits per heavy atom. The molecule has 108 valence electrons. The highest BCUT2D eigenvalue weighted by Crippen LogP contribution is 2.17. The van der Waals surface area contributed by atoms with Crippen LogP contribution in [0.4, 0.5) is 0 Å². The van der Waals surface area contributed by atoms with Gasteiger partial charge in [-0.3, -0.25) is 9.59 Å². The molecule has 1 aliphatic heterocycles. The summed E-state index contributed by atoms with van der Waals surface area (Å²) < 4.78 is 0. The van der Waals surface area contributed by atoms with E-state index >= 15 is 0 Å². The molecule has 5 heteroatoms. The van der Waals surface area contributed by atoms with Crippen LogP contribution < -0.4 is 10.6 Å². The van der Waals surface area contributed by atoms with E-state index in [0.29, 0.717) is 12.0 Å². The maximum atomic E-state index is 12.2. The zero-order chi connectivity index (χ0) is 14.5. The molecule has 1 atom stereocenters.